The first kappa shape index (κ1) is 10.7. The van der Waals surface area contributed by atoms with Crippen LogP contribution in [0.1, 0.15) is 15.9 Å². The van der Waals surface area contributed by atoms with Gasteiger partial charge in [-0.3, -0.25) is 0 Å². The first-order valence-electron chi connectivity index (χ1n) is 3.61. The Morgan fingerprint density at radius 1 is 1.38 bits per heavy atom. The van der Waals surface area contributed by atoms with Gasteiger partial charge in [-0.2, -0.15) is 0 Å². The van der Waals surface area contributed by atoms with E-state index in [2.05, 4.69) is 36.6 Å². The van der Waals surface area contributed by atoms with E-state index in [0.717, 1.165) is 14.5 Å². The van der Waals surface area contributed by atoms with Crippen LogP contribution in [-0.2, 0) is 4.74 Å². The lowest BCUT2D eigenvalue weighted by molar-refractivity contribution is 0.0598. The molecule has 0 saturated carbocycles. The van der Waals surface area contributed by atoms with Crippen LogP contribution in [0.15, 0.2) is 21.1 Å². The normalized spacial score (nSPS) is 9.85. The average Bonchev–Trinajstić information content (AvgIpc) is 2.12. The van der Waals surface area contributed by atoms with E-state index < -0.39 is 0 Å². The van der Waals surface area contributed by atoms with Crippen molar-refractivity contribution >= 4 is 37.8 Å². The molecule has 0 saturated heterocycles. The number of aryl methyl sites for hydroxylation is 1. The number of ether oxygens (including phenoxy) is 1. The first-order valence-corrected chi connectivity index (χ1v) is 5.19. The van der Waals surface area contributed by atoms with Gasteiger partial charge in [0.15, 0.2) is 0 Å². The van der Waals surface area contributed by atoms with Crippen LogP contribution in [0.25, 0.3) is 0 Å². The minimum atomic E-state index is -0.345. The molecule has 4 heteroatoms. The first-order chi connectivity index (χ1) is 6.07. The summed E-state index contributed by atoms with van der Waals surface area (Å²) in [5.41, 5.74) is 1.53. The second-order valence-corrected chi connectivity index (χ2v) is 4.19. The monoisotopic (exact) mass is 306 g/mol. The molecule has 0 amide bonds. The maximum Gasteiger partial charge on any atom is 0.340 e. The second kappa shape index (κ2) is 4.24. The standard InChI is InChI=1S/C9H8Br2O2/c1-5-3-4-6(10)7(8(5)11)9(12)13-2/h3-4H,1-2H3. The van der Waals surface area contributed by atoms with E-state index in [0.29, 0.717) is 5.56 Å². The Morgan fingerprint density at radius 2 is 2.00 bits per heavy atom. The van der Waals surface area contributed by atoms with Crippen molar-refractivity contribution in [1.82, 2.24) is 0 Å². The molecule has 0 unspecified atom stereocenters. The third kappa shape index (κ3) is 2.11. The zero-order valence-electron chi connectivity index (χ0n) is 7.23. The van der Waals surface area contributed by atoms with Crippen LogP contribution in [0.2, 0.25) is 0 Å². The number of benzene rings is 1. The predicted molar refractivity (Wildman–Crippen MR) is 57.9 cm³/mol. The van der Waals surface area contributed by atoms with Crippen LogP contribution < -0.4 is 0 Å². The van der Waals surface area contributed by atoms with E-state index in [1.807, 2.05) is 19.1 Å². The van der Waals surface area contributed by atoms with Crippen molar-refractivity contribution in [2.24, 2.45) is 0 Å². The van der Waals surface area contributed by atoms with Crippen molar-refractivity contribution in [2.45, 2.75) is 6.92 Å². The number of hydrogen-bond acceptors (Lipinski definition) is 2. The quantitative estimate of drug-likeness (QED) is 0.744. The van der Waals surface area contributed by atoms with Crippen molar-refractivity contribution in [1.29, 1.82) is 0 Å². The lowest BCUT2D eigenvalue weighted by Crippen LogP contribution is -2.04. The van der Waals surface area contributed by atoms with E-state index in [4.69, 9.17) is 0 Å². The summed E-state index contributed by atoms with van der Waals surface area (Å²) in [5, 5.41) is 0. The fourth-order valence-electron chi connectivity index (χ4n) is 0.946. The molecule has 0 bridgehead atoms. The summed E-state index contributed by atoms with van der Waals surface area (Å²) in [6.07, 6.45) is 0. The molecule has 1 aromatic carbocycles. The Morgan fingerprint density at radius 3 is 2.54 bits per heavy atom. The van der Waals surface area contributed by atoms with Crippen LogP contribution in [0.4, 0.5) is 0 Å². The van der Waals surface area contributed by atoms with E-state index in [1.54, 1.807) is 0 Å². The molecule has 70 valence electrons. The Hall–Kier alpha value is -0.350. The Bertz CT molecular complexity index is 348. The third-order valence-corrected chi connectivity index (χ3v) is 3.36. The fraction of sp³-hybridized carbons (Fsp3) is 0.222. The summed E-state index contributed by atoms with van der Waals surface area (Å²) in [7, 11) is 1.36. The molecule has 0 fully saturated rings. The summed E-state index contributed by atoms with van der Waals surface area (Å²) in [6.45, 7) is 1.92. The maximum absolute atomic E-state index is 11.3. The van der Waals surface area contributed by atoms with Gasteiger partial charge in [0.25, 0.3) is 0 Å². The Balaban J connectivity index is 3.33. The maximum atomic E-state index is 11.3. The molecule has 1 rings (SSSR count). The van der Waals surface area contributed by atoms with Gasteiger partial charge in [0, 0.05) is 8.95 Å². The van der Waals surface area contributed by atoms with Crippen LogP contribution in [0.5, 0.6) is 0 Å². The van der Waals surface area contributed by atoms with Crippen LogP contribution >= 0.6 is 31.9 Å². The van der Waals surface area contributed by atoms with Crippen LogP contribution in [-0.4, -0.2) is 13.1 Å². The summed E-state index contributed by atoms with van der Waals surface area (Å²) < 4.78 is 6.16. The molecule has 0 spiro atoms. The Labute approximate surface area is 93.5 Å². The smallest absolute Gasteiger partial charge is 0.340 e. The van der Waals surface area contributed by atoms with Gasteiger partial charge in [0.05, 0.1) is 12.7 Å². The number of hydrogen-bond donors (Lipinski definition) is 0. The van der Waals surface area contributed by atoms with Gasteiger partial charge in [-0.25, -0.2) is 4.79 Å². The molecule has 0 atom stereocenters. The molecular weight excluding hydrogens is 300 g/mol. The van der Waals surface area contributed by atoms with E-state index in [9.17, 15) is 4.79 Å². The predicted octanol–water partition coefficient (Wildman–Crippen LogP) is 3.31. The van der Waals surface area contributed by atoms with Crippen LogP contribution in [0, 0.1) is 6.92 Å². The lowest BCUT2D eigenvalue weighted by Gasteiger charge is -2.07. The minimum Gasteiger partial charge on any atom is -0.465 e. The summed E-state index contributed by atoms with van der Waals surface area (Å²) in [5.74, 6) is -0.345. The highest BCUT2D eigenvalue weighted by atomic mass is 79.9. The van der Waals surface area contributed by atoms with Gasteiger partial charge in [-0.05, 0) is 50.4 Å². The SMILES string of the molecule is COC(=O)c1c(Br)ccc(C)c1Br. The molecule has 0 N–H and O–H groups in total. The fourth-order valence-corrected chi connectivity index (χ4v) is 2.21. The van der Waals surface area contributed by atoms with Crippen LogP contribution in [0.3, 0.4) is 0 Å². The number of rotatable bonds is 1. The van der Waals surface area contributed by atoms with Gasteiger partial charge in [0.2, 0.25) is 0 Å². The van der Waals surface area contributed by atoms with E-state index in [1.165, 1.54) is 7.11 Å². The molecule has 0 radical (unpaired) electrons. The number of carbonyl (C=O) groups excluding carboxylic acids is 1. The average molecular weight is 308 g/mol. The van der Waals surface area contributed by atoms with Gasteiger partial charge < -0.3 is 4.74 Å². The van der Waals surface area contributed by atoms with Gasteiger partial charge in [-0.15, -0.1) is 0 Å². The number of carbonyl (C=O) groups is 1. The number of esters is 1. The topological polar surface area (TPSA) is 26.3 Å². The van der Waals surface area contributed by atoms with Crippen molar-refractivity contribution < 1.29 is 9.53 Å². The van der Waals surface area contributed by atoms with Gasteiger partial charge >= 0.3 is 5.97 Å². The van der Waals surface area contributed by atoms with Crippen molar-refractivity contribution in [3.63, 3.8) is 0 Å². The molecule has 1 aromatic rings. The molecule has 0 aliphatic heterocycles. The third-order valence-electron chi connectivity index (χ3n) is 1.67. The molecule has 0 aliphatic rings. The van der Waals surface area contributed by atoms with Crippen molar-refractivity contribution in [3.8, 4) is 0 Å². The molecule has 2 nitrogen and oxygen atoms in total. The highest BCUT2D eigenvalue weighted by molar-refractivity contribution is 9.11. The molecule has 0 aliphatic carbocycles. The summed E-state index contributed by atoms with van der Waals surface area (Å²) in [4.78, 5) is 11.3. The highest BCUT2D eigenvalue weighted by Gasteiger charge is 2.15. The minimum absolute atomic E-state index is 0.345. The lowest BCUT2D eigenvalue weighted by atomic mass is 10.1. The van der Waals surface area contributed by atoms with Gasteiger partial charge in [-0.1, -0.05) is 6.07 Å². The van der Waals surface area contributed by atoms with Gasteiger partial charge in [0.1, 0.15) is 0 Å². The molecule has 13 heavy (non-hydrogen) atoms. The summed E-state index contributed by atoms with van der Waals surface area (Å²) >= 11 is 6.63. The van der Waals surface area contributed by atoms with Crippen molar-refractivity contribution in [3.05, 3.63) is 32.2 Å². The summed E-state index contributed by atoms with van der Waals surface area (Å²) in [6, 6.07) is 3.74. The zero-order valence-corrected chi connectivity index (χ0v) is 10.4. The zero-order chi connectivity index (χ0) is 10.0. The van der Waals surface area contributed by atoms with E-state index >= 15 is 0 Å². The Kier molecular flexibility index (Phi) is 3.50. The van der Waals surface area contributed by atoms with Crippen molar-refractivity contribution in [2.75, 3.05) is 7.11 Å². The molecule has 0 aromatic heterocycles. The van der Waals surface area contributed by atoms with E-state index in [-0.39, 0.29) is 5.97 Å². The largest absolute Gasteiger partial charge is 0.465 e. The molecular formula is C9H8Br2O2. The molecule has 0 heterocycles. The highest BCUT2D eigenvalue weighted by Crippen LogP contribution is 2.28. The number of halogens is 2. The second-order valence-electron chi connectivity index (χ2n) is 2.54. The number of methoxy groups -OCH3 is 1.